The van der Waals surface area contributed by atoms with Crippen LogP contribution in [0.2, 0.25) is 0 Å². The Balaban J connectivity index is 2.39. The summed E-state index contributed by atoms with van der Waals surface area (Å²) in [5.74, 6) is 0. The van der Waals surface area contributed by atoms with E-state index in [0.29, 0.717) is 18.2 Å². The average molecular weight is 269 g/mol. The predicted molar refractivity (Wildman–Crippen MR) is 73.8 cm³/mol. The molecule has 0 unspecified atom stereocenters. The monoisotopic (exact) mass is 269 g/mol. The molecule has 0 amide bonds. The quantitative estimate of drug-likeness (QED) is 0.664. The first kappa shape index (κ1) is 15.7. The van der Waals surface area contributed by atoms with Crippen molar-refractivity contribution in [1.29, 1.82) is 0 Å². The molecule has 0 aromatic carbocycles. The minimum Gasteiger partial charge on any atom is -0.468 e. The van der Waals surface area contributed by atoms with E-state index < -0.39 is 0 Å². The lowest BCUT2D eigenvalue weighted by Gasteiger charge is -2.11. The van der Waals surface area contributed by atoms with E-state index in [9.17, 15) is 4.79 Å². The lowest BCUT2D eigenvalue weighted by molar-refractivity contribution is 0.199. The molecule has 0 atom stereocenters. The predicted octanol–water partition coefficient (Wildman–Crippen LogP) is 0.577. The molecule has 1 N–H and O–H groups in total. The highest BCUT2D eigenvalue weighted by Crippen LogP contribution is 2.05. The van der Waals surface area contributed by atoms with Gasteiger partial charge in [0, 0.05) is 32.0 Å². The van der Waals surface area contributed by atoms with Gasteiger partial charge >= 0.3 is 0 Å². The Morgan fingerprint density at radius 1 is 1.32 bits per heavy atom. The minimum atomic E-state index is -0.0586. The van der Waals surface area contributed by atoms with Crippen LogP contribution in [0.4, 0.5) is 0 Å². The fourth-order valence-electron chi connectivity index (χ4n) is 1.78. The second kappa shape index (κ2) is 8.66. The smallest absolute Gasteiger partial charge is 0.299 e. The van der Waals surface area contributed by atoms with Gasteiger partial charge in [-0.2, -0.15) is 0 Å². The van der Waals surface area contributed by atoms with Crippen LogP contribution in [0.5, 0.6) is 6.01 Å². The lowest BCUT2D eigenvalue weighted by Crippen LogP contribution is -2.24. The Bertz CT molecular complexity index is 432. The second-order valence-corrected chi connectivity index (χ2v) is 4.32. The third kappa shape index (κ3) is 5.40. The zero-order valence-corrected chi connectivity index (χ0v) is 11.9. The van der Waals surface area contributed by atoms with Gasteiger partial charge in [-0.05, 0) is 26.3 Å². The fraction of sp³-hybridized carbons (Fsp3) is 0.692. The standard InChI is InChI=1S/C13H23N3O3/c1-11-10-12(17)16(13(15-11)19-3)8-5-4-6-14-7-9-18-2/h10,14H,4-9H2,1-3H3. The van der Waals surface area contributed by atoms with Crippen molar-refractivity contribution in [3.05, 3.63) is 22.1 Å². The Hall–Kier alpha value is -1.40. The molecule has 1 heterocycles. The van der Waals surface area contributed by atoms with E-state index in [-0.39, 0.29) is 5.56 Å². The van der Waals surface area contributed by atoms with E-state index in [1.54, 1.807) is 18.6 Å². The van der Waals surface area contributed by atoms with Crippen LogP contribution in [0, 0.1) is 6.92 Å². The summed E-state index contributed by atoms with van der Waals surface area (Å²) in [4.78, 5) is 16.0. The Morgan fingerprint density at radius 3 is 2.79 bits per heavy atom. The van der Waals surface area contributed by atoms with E-state index >= 15 is 0 Å². The molecular formula is C13H23N3O3. The number of hydrogen-bond acceptors (Lipinski definition) is 5. The van der Waals surface area contributed by atoms with E-state index in [2.05, 4.69) is 10.3 Å². The highest BCUT2D eigenvalue weighted by Gasteiger charge is 2.06. The summed E-state index contributed by atoms with van der Waals surface area (Å²) >= 11 is 0. The molecule has 1 aromatic rings. The molecule has 19 heavy (non-hydrogen) atoms. The maximum atomic E-state index is 11.8. The van der Waals surface area contributed by atoms with E-state index in [0.717, 1.165) is 32.5 Å². The maximum absolute atomic E-state index is 11.8. The van der Waals surface area contributed by atoms with Crippen LogP contribution in [0.3, 0.4) is 0 Å². The number of nitrogens with one attached hydrogen (secondary N) is 1. The van der Waals surface area contributed by atoms with Crippen LogP contribution in [-0.2, 0) is 11.3 Å². The van der Waals surface area contributed by atoms with Gasteiger partial charge in [-0.15, -0.1) is 0 Å². The molecule has 0 saturated heterocycles. The molecule has 0 aliphatic carbocycles. The van der Waals surface area contributed by atoms with Crippen molar-refractivity contribution in [2.24, 2.45) is 0 Å². The molecule has 1 rings (SSSR count). The van der Waals surface area contributed by atoms with Crippen molar-refractivity contribution in [1.82, 2.24) is 14.9 Å². The first-order valence-corrected chi connectivity index (χ1v) is 6.51. The molecule has 0 saturated carbocycles. The zero-order chi connectivity index (χ0) is 14.1. The highest BCUT2D eigenvalue weighted by atomic mass is 16.5. The van der Waals surface area contributed by atoms with Crippen LogP contribution < -0.4 is 15.6 Å². The Kier molecular flexibility index (Phi) is 7.14. The van der Waals surface area contributed by atoms with Gasteiger partial charge in [-0.25, -0.2) is 4.98 Å². The molecule has 0 fully saturated rings. The molecule has 6 nitrogen and oxygen atoms in total. The number of aromatic nitrogens is 2. The maximum Gasteiger partial charge on any atom is 0.299 e. The highest BCUT2D eigenvalue weighted by molar-refractivity contribution is 5.06. The number of rotatable bonds is 9. The summed E-state index contributed by atoms with van der Waals surface area (Å²) in [6.07, 6.45) is 1.90. The van der Waals surface area contributed by atoms with Gasteiger partial charge in [-0.1, -0.05) is 0 Å². The first-order valence-electron chi connectivity index (χ1n) is 6.51. The van der Waals surface area contributed by atoms with Gasteiger partial charge in [0.2, 0.25) is 0 Å². The molecule has 0 radical (unpaired) electrons. The molecule has 0 aliphatic heterocycles. The minimum absolute atomic E-state index is 0.0586. The van der Waals surface area contributed by atoms with Crippen molar-refractivity contribution < 1.29 is 9.47 Å². The summed E-state index contributed by atoms with van der Waals surface area (Å²) < 4.78 is 11.7. The Morgan fingerprint density at radius 2 is 2.11 bits per heavy atom. The van der Waals surface area contributed by atoms with Gasteiger partial charge in [0.05, 0.1) is 13.7 Å². The molecule has 0 aliphatic rings. The number of unbranched alkanes of at least 4 members (excludes halogenated alkanes) is 1. The van der Waals surface area contributed by atoms with Crippen LogP contribution in [-0.4, -0.2) is 43.5 Å². The third-order valence-corrected chi connectivity index (χ3v) is 2.75. The summed E-state index contributed by atoms with van der Waals surface area (Å²) in [6, 6.07) is 1.91. The number of methoxy groups -OCH3 is 2. The van der Waals surface area contributed by atoms with Gasteiger partial charge in [0.15, 0.2) is 0 Å². The van der Waals surface area contributed by atoms with Crippen molar-refractivity contribution in [3.63, 3.8) is 0 Å². The number of nitrogens with zero attached hydrogens (tertiary/aromatic N) is 2. The third-order valence-electron chi connectivity index (χ3n) is 2.75. The number of aryl methyl sites for hydroxylation is 1. The number of ether oxygens (including phenoxy) is 2. The number of hydrogen-bond donors (Lipinski definition) is 1. The van der Waals surface area contributed by atoms with Crippen molar-refractivity contribution in [3.8, 4) is 6.01 Å². The first-order chi connectivity index (χ1) is 9.19. The van der Waals surface area contributed by atoms with Crippen molar-refractivity contribution >= 4 is 0 Å². The summed E-state index contributed by atoms with van der Waals surface area (Å²) in [6.45, 7) is 4.90. The summed E-state index contributed by atoms with van der Waals surface area (Å²) in [5, 5.41) is 3.27. The van der Waals surface area contributed by atoms with E-state index in [1.807, 2.05) is 0 Å². The normalized spacial score (nSPS) is 10.7. The second-order valence-electron chi connectivity index (χ2n) is 4.32. The van der Waals surface area contributed by atoms with E-state index in [4.69, 9.17) is 9.47 Å². The Labute approximate surface area is 113 Å². The topological polar surface area (TPSA) is 65.4 Å². The molecular weight excluding hydrogens is 246 g/mol. The molecule has 0 bridgehead atoms. The molecule has 1 aromatic heterocycles. The zero-order valence-electron chi connectivity index (χ0n) is 11.9. The van der Waals surface area contributed by atoms with Gasteiger partial charge in [0.25, 0.3) is 11.6 Å². The summed E-state index contributed by atoms with van der Waals surface area (Å²) in [7, 11) is 3.22. The van der Waals surface area contributed by atoms with Crippen LogP contribution >= 0.6 is 0 Å². The average Bonchev–Trinajstić information content (AvgIpc) is 2.39. The van der Waals surface area contributed by atoms with E-state index in [1.165, 1.54) is 13.2 Å². The fourth-order valence-corrected chi connectivity index (χ4v) is 1.78. The lowest BCUT2D eigenvalue weighted by atomic mass is 10.3. The van der Waals surface area contributed by atoms with Gasteiger partial charge in [-0.3, -0.25) is 9.36 Å². The van der Waals surface area contributed by atoms with Crippen molar-refractivity contribution in [2.75, 3.05) is 33.9 Å². The van der Waals surface area contributed by atoms with Gasteiger partial charge in [0.1, 0.15) is 0 Å². The van der Waals surface area contributed by atoms with Crippen LogP contribution in [0.1, 0.15) is 18.5 Å². The van der Waals surface area contributed by atoms with Crippen LogP contribution in [0.15, 0.2) is 10.9 Å². The van der Waals surface area contributed by atoms with Gasteiger partial charge < -0.3 is 14.8 Å². The molecule has 0 spiro atoms. The van der Waals surface area contributed by atoms with Crippen LogP contribution in [0.25, 0.3) is 0 Å². The largest absolute Gasteiger partial charge is 0.468 e. The SMILES string of the molecule is COCCNCCCCn1c(OC)nc(C)cc1=O. The van der Waals surface area contributed by atoms with Crippen molar-refractivity contribution in [2.45, 2.75) is 26.3 Å². The molecule has 108 valence electrons. The summed E-state index contributed by atoms with van der Waals surface area (Å²) in [5.41, 5.74) is 0.621. The molecule has 6 heteroatoms.